The topological polar surface area (TPSA) is 83.0 Å². The fourth-order valence-electron chi connectivity index (χ4n) is 2.58. The Morgan fingerprint density at radius 2 is 1.68 bits per heavy atom. The second-order valence-corrected chi connectivity index (χ2v) is 6.51. The zero-order valence-corrected chi connectivity index (χ0v) is 15.2. The maximum atomic E-state index is 13.0. The number of nitrogens with one attached hydrogen (secondary N) is 2. The number of aliphatic hydroxyl groups is 1. The SMILES string of the molecule is CC[C@@H](Nc1nc(N[C@H](C)C(F)(F)F)nc(C2=C[C@@H](O)CCC2)n1)C(F)(F)F. The average molecular weight is 413 g/mol. The Morgan fingerprint density at radius 1 is 1.07 bits per heavy atom. The van der Waals surface area contributed by atoms with E-state index in [2.05, 4.69) is 20.3 Å². The number of hydrogen-bond donors (Lipinski definition) is 3. The van der Waals surface area contributed by atoms with Gasteiger partial charge in [0.1, 0.15) is 12.1 Å². The number of aliphatic hydroxyl groups excluding tert-OH is 1. The van der Waals surface area contributed by atoms with E-state index in [1.807, 2.05) is 5.32 Å². The minimum Gasteiger partial charge on any atom is -0.389 e. The Labute approximate surface area is 157 Å². The van der Waals surface area contributed by atoms with Gasteiger partial charge in [-0.3, -0.25) is 0 Å². The Kier molecular flexibility index (Phi) is 6.73. The number of anilines is 2. The molecule has 3 N–H and O–H groups in total. The van der Waals surface area contributed by atoms with Gasteiger partial charge in [0, 0.05) is 0 Å². The van der Waals surface area contributed by atoms with E-state index < -0.39 is 42.4 Å². The molecule has 0 spiro atoms. The van der Waals surface area contributed by atoms with E-state index >= 15 is 0 Å². The van der Waals surface area contributed by atoms with Gasteiger partial charge in [-0.15, -0.1) is 0 Å². The van der Waals surface area contributed by atoms with Crippen LogP contribution in [0.4, 0.5) is 38.2 Å². The fraction of sp³-hybridized carbons (Fsp3) is 0.688. The Balaban J connectivity index is 2.40. The summed E-state index contributed by atoms with van der Waals surface area (Å²) in [5, 5.41) is 13.9. The molecule has 3 atom stereocenters. The molecule has 0 fully saturated rings. The van der Waals surface area contributed by atoms with E-state index in [1.165, 1.54) is 13.0 Å². The van der Waals surface area contributed by atoms with E-state index in [1.54, 1.807) is 0 Å². The van der Waals surface area contributed by atoms with Gasteiger partial charge >= 0.3 is 12.4 Å². The summed E-state index contributed by atoms with van der Waals surface area (Å²) in [4.78, 5) is 11.5. The van der Waals surface area contributed by atoms with Crippen LogP contribution in [-0.2, 0) is 0 Å². The number of halogens is 6. The molecule has 12 heteroatoms. The summed E-state index contributed by atoms with van der Waals surface area (Å²) in [6.45, 7) is 2.14. The molecule has 0 aromatic carbocycles. The standard InChI is InChI=1S/C16H21F6N5O/c1-3-11(16(20,21)22)24-14-26-12(9-5-4-6-10(28)7-9)25-13(27-14)23-8(2)15(17,18)19/h7-8,10-11,28H,3-6H2,1-2H3,(H2,23,24,25,26,27)/t8-,10+,11-/m1/s1. The van der Waals surface area contributed by atoms with Crippen molar-refractivity contribution in [3.63, 3.8) is 0 Å². The first-order valence-corrected chi connectivity index (χ1v) is 8.71. The van der Waals surface area contributed by atoms with Gasteiger partial charge in [0.15, 0.2) is 5.82 Å². The minimum atomic E-state index is -4.60. The molecule has 2 rings (SSSR count). The van der Waals surface area contributed by atoms with Crippen molar-refractivity contribution in [2.45, 2.75) is 70.1 Å². The molecule has 1 aliphatic rings. The van der Waals surface area contributed by atoms with Gasteiger partial charge in [-0.2, -0.15) is 41.3 Å². The van der Waals surface area contributed by atoms with Crippen LogP contribution in [0, 0.1) is 0 Å². The largest absolute Gasteiger partial charge is 0.408 e. The number of aromatic nitrogens is 3. The lowest BCUT2D eigenvalue weighted by atomic mass is 9.97. The summed E-state index contributed by atoms with van der Waals surface area (Å²) < 4.78 is 77.6. The highest BCUT2D eigenvalue weighted by Crippen LogP contribution is 2.29. The van der Waals surface area contributed by atoms with Gasteiger partial charge in [-0.1, -0.05) is 6.92 Å². The van der Waals surface area contributed by atoms with Crippen LogP contribution >= 0.6 is 0 Å². The van der Waals surface area contributed by atoms with Gasteiger partial charge < -0.3 is 15.7 Å². The lowest BCUT2D eigenvalue weighted by molar-refractivity contribution is -0.143. The number of allylic oxidation sites excluding steroid dienone is 1. The van der Waals surface area contributed by atoms with E-state index in [9.17, 15) is 31.4 Å². The van der Waals surface area contributed by atoms with Gasteiger partial charge in [0.25, 0.3) is 0 Å². The molecule has 0 bridgehead atoms. The van der Waals surface area contributed by atoms with Crippen molar-refractivity contribution in [3.8, 4) is 0 Å². The first-order valence-electron chi connectivity index (χ1n) is 8.71. The molecule has 0 saturated carbocycles. The van der Waals surface area contributed by atoms with Crippen LogP contribution in [0.25, 0.3) is 5.57 Å². The summed E-state index contributed by atoms with van der Waals surface area (Å²) in [6, 6.07) is -3.99. The van der Waals surface area contributed by atoms with Gasteiger partial charge in [0.2, 0.25) is 11.9 Å². The number of nitrogens with zero attached hydrogens (tertiary/aromatic N) is 3. The quantitative estimate of drug-likeness (QED) is 0.614. The monoisotopic (exact) mass is 413 g/mol. The normalized spacial score (nSPS) is 20.3. The van der Waals surface area contributed by atoms with Crippen molar-refractivity contribution >= 4 is 17.5 Å². The molecule has 0 saturated heterocycles. The molecule has 0 unspecified atom stereocenters. The number of alkyl halides is 6. The van der Waals surface area contributed by atoms with E-state index in [4.69, 9.17) is 0 Å². The summed E-state index contributed by atoms with van der Waals surface area (Å²) in [5.41, 5.74) is 0.437. The second kappa shape index (κ2) is 8.50. The highest BCUT2D eigenvalue weighted by atomic mass is 19.4. The Bertz CT molecular complexity index is 706. The third-order valence-corrected chi connectivity index (χ3v) is 4.21. The van der Waals surface area contributed by atoms with Crippen molar-refractivity contribution in [1.82, 2.24) is 15.0 Å². The number of rotatable bonds is 6. The molecule has 1 aromatic rings. The molecule has 0 radical (unpaired) electrons. The van der Waals surface area contributed by atoms with Crippen molar-refractivity contribution in [2.24, 2.45) is 0 Å². The molecule has 1 aromatic heterocycles. The van der Waals surface area contributed by atoms with Crippen LogP contribution in [-0.4, -0.2) is 50.6 Å². The molecule has 0 aliphatic heterocycles. The highest BCUT2D eigenvalue weighted by Gasteiger charge is 2.39. The third-order valence-electron chi connectivity index (χ3n) is 4.21. The fourth-order valence-corrected chi connectivity index (χ4v) is 2.58. The van der Waals surface area contributed by atoms with Gasteiger partial charge in [-0.25, -0.2) is 0 Å². The molecule has 158 valence electrons. The Morgan fingerprint density at radius 3 is 2.18 bits per heavy atom. The van der Waals surface area contributed by atoms with Crippen LogP contribution in [0.1, 0.15) is 45.4 Å². The predicted octanol–water partition coefficient (Wildman–Crippen LogP) is 3.92. The Hall–Kier alpha value is -2.11. The maximum Gasteiger partial charge on any atom is 0.408 e. The third kappa shape index (κ3) is 5.94. The van der Waals surface area contributed by atoms with Crippen LogP contribution in [0.3, 0.4) is 0 Å². The highest BCUT2D eigenvalue weighted by molar-refractivity contribution is 5.63. The lowest BCUT2D eigenvalue weighted by Gasteiger charge is -2.22. The van der Waals surface area contributed by atoms with Crippen LogP contribution in [0.15, 0.2) is 6.08 Å². The van der Waals surface area contributed by atoms with Crippen molar-refractivity contribution in [3.05, 3.63) is 11.9 Å². The van der Waals surface area contributed by atoms with Crippen molar-refractivity contribution in [1.29, 1.82) is 0 Å². The maximum absolute atomic E-state index is 13.0. The molecule has 1 heterocycles. The van der Waals surface area contributed by atoms with E-state index in [-0.39, 0.29) is 12.2 Å². The first-order chi connectivity index (χ1) is 12.9. The molecular weight excluding hydrogens is 392 g/mol. The van der Waals surface area contributed by atoms with Gasteiger partial charge in [0.05, 0.1) is 6.10 Å². The smallest absolute Gasteiger partial charge is 0.389 e. The molecule has 6 nitrogen and oxygen atoms in total. The summed E-state index contributed by atoms with van der Waals surface area (Å²) in [5.74, 6) is -1.08. The zero-order chi connectivity index (χ0) is 21.1. The molecular formula is C16H21F6N5O. The van der Waals surface area contributed by atoms with Crippen LogP contribution in [0.5, 0.6) is 0 Å². The van der Waals surface area contributed by atoms with E-state index in [0.29, 0.717) is 24.8 Å². The summed E-state index contributed by atoms with van der Waals surface area (Å²) in [6.07, 6.45) is -7.32. The van der Waals surface area contributed by atoms with Crippen molar-refractivity contribution < 1.29 is 31.4 Å². The summed E-state index contributed by atoms with van der Waals surface area (Å²) >= 11 is 0. The zero-order valence-electron chi connectivity index (χ0n) is 15.2. The van der Waals surface area contributed by atoms with E-state index in [0.717, 1.165) is 6.92 Å². The minimum absolute atomic E-state index is 0.0786. The van der Waals surface area contributed by atoms with Gasteiger partial charge in [-0.05, 0) is 44.3 Å². The first kappa shape index (κ1) is 22.2. The van der Waals surface area contributed by atoms with Crippen LogP contribution < -0.4 is 10.6 Å². The number of hydrogen-bond acceptors (Lipinski definition) is 6. The molecule has 0 amide bonds. The van der Waals surface area contributed by atoms with Crippen molar-refractivity contribution in [2.75, 3.05) is 10.6 Å². The lowest BCUT2D eigenvalue weighted by Crippen LogP contribution is -2.37. The predicted molar refractivity (Wildman–Crippen MR) is 90.6 cm³/mol. The summed E-state index contributed by atoms with van der Waals surface area (Å²) in [7, 11) is 0. The average Bonchev–Trinajstić information content (AvgIpc) is 2.57. The molecule has 28 heavy (non-hydrogen) atoms. The molecule has 1 aliphatic carbocycles. The van der Waals surface area contributed by atoms with Crippen LogP contribution in [0.2, 0.25) is 0 Å². The second-order valence-electron chi connectivity index (χ2n) is 6.51.